The van der Waals surface area contributed by atoms with Gasteiger partial charge in [0.2, 0.25) is 0 Å². The van der Waals surface area contributed by atoms with E-state index in [1.165, 1.54) is 12.1 Å². The Kier molecular flexibility index (Phi) is 3.01. The van der Waals surface area contributed by atoms with E-state index in [4.69, 9.17) is 4.42 Å². The molecule has 2 aromatic carbocycles. The Balaban J connectivity index is 2.04. The maximum Gasteiger partial charge on any atom is 0.336 e. The third-order valence-electron chi connectivity index (χ3n) is 2.75. The first-order valence-corrected chi connectivity index (χ1v) is 5.96. The molecule has 0 atom stereocenters. The summed E-state index contributed by atoms with van der Waals surface area (Å²) in [6, 6.07) is 15.1. The van der Waals surface area contributed by atoms with Crippen molar-refractivity contribution in [2.45, 2.75) is 0 Å². The number of hydrogen-bond acceptors (Lipinski definition) is 5. The quantitative estimate of drug-likeness (QED) is 0.564. The lowest BCUT2D eigenvalue weighted by Crippen LogP contribution is -1.93. The molecule has 0 amide bonds. The van der Waals surface area contributed by atoms with Crippen LogP contribution in [0.4, 0.5) is 11.4 Å². The molecule has 0 bridgehead atoms. The fourth-order valence-corrected chi connectivity index (χ4v) is 1.78. The molecule has 5 heteroatoms. The molecule has 1 aromatic heterocycles. The first-order valence-electron chi connectivity index (χ1n) is 5.96. The van der Waals surface area contributed by atoms with E-state index in [1.54, 1.807) is 24.3 Å². The van der Waals surface area contributed by atoms with Gasteiger partial charge in [-0.25, -0.2) is 4.79 Å². The van der Waals surface area contributed by atoms with Crippen molar-refractivity contribution in [1.82, 2.24) is 0 Å². The molecule has 0 radical (unpaired) electrons. The predicted octanol–water partition coefficient (Wildman–Crippen LogP) is 3.91. The SMILES string of the molecule is O=c1ccc2cc(N=Nc3ccccc3)c(O)cc2o1. The summed E-state index contributed by atoms with van der Waals surface area (Å²) < 4.78 is 4.97. The molecule has 98 valence electrons. The highest BCUT2D eigenvalue weighted by molar-refractivity contribution is 5.82. The summed E-state index contributed by atoms with van der Waals surface area (Å²) in [5.41, 5.74) is 0.853. The monoisotopic (exact) mass is 266 g/mol. The van der Waals surface area contributed by atoms with Crippen LogP contribution in [0.3, 0.4) is 0 Å². The lowest BCUT2D eigenvalue weighted by Gasteiger charge is -2.00. The molecule has 0 aliphatic carbocycles. The van der Waals surface area contributed by atoms with Crippen LogP contribution < -0.4 is 5.63 Å². The first-order chi connectivity index (χ1) is 9.72. The summed E-state index contributed by atoms with van der Waals surface area (Å²) in [5, 5.41) is 18.6. The highest BCUT2D eigenvalue weighted by atomic mass is 16.4. The van der Waals surface area contributed by atoms with Gasteiger partial charge in [-0.05, 0) is 24.3 Å². The van der Waals surface area contributed by atoms with Gasteiger partial charge in [0.15, 0.2) is 0 Å². The zero-order valence-electron chi connectivity index (χ0n) is 10.4. The van der Waals surface area contributed by atoms with E-state index in [2.05, 4.69) is 10.2 Å². The molecule has 0 spiro atoms. The van der Waals surface area contributed by atoms with Gasteiger partial charge < -0.3 is 9.52 Å². The number of nitrogens with zero attached hydrogens (tertiary/aromatic N) is 2. The lowest BCUT2D eigenvalue weighted by molar-refractivity contribution is 0.474. The molecule has 0 saturated heterocycles. The second kappa shape index (κ2) is 4.97. The van der Waals surface area contributed by atoms with Crippen LogP contribution >= 0.6 is 0 Å². The Morgan fingerprint density at radius 3 is 2.55 bits per heavy atom. The largest absolute Gasteiger partial charge is 0.505 e. The summed E-state index contributed by atoms with van der Waals surface area (Å²) in [6.07, 6.45) is 0. The maximum absolute atomic E-state index is 11.1. The summed E-state index contributed by atoms with van der Waals surface area (Å²) in [7, 11) is 0. The van der Waals surface area contributed by atoms with Gasteiger partial charge in [0, 0.05) is 17.5 Å². The van der Waals surface area contributed by atoms with E-state index in [0.29, 0.717) is 22.3 Å². The number of phenols is 1. The number of azo groups is 1. The molecule has 5 nitrogen and oxygen atoms in total. The van der Waals surface area contributed by atoms with E-state index in [-0.39, 0.29) is 5.75 Å². The fourth-order valence-electron chi connectivity index (χ4n) is 1.78. The Hall–Kier alpha value is -2.95. The Labute approximate surface area is 113 Å². The molecule has 20 heavy (non-hydrogen) atoms. The van der Waals surface area contributed by atoms with Crippen LogP contribution in [0.25, 0.3) is 11.0 Å². The van der Waals surface area contributed by atoms with Crippen molar-refractivity contribution in [2.24, 2.45) is 10.2 Å². The summed E-state index contributed by atoms with van der Waals surface area (Å²) in [5.74, 6) is -0.0912. The average Bonchev–Trinajstić information content (AvgIpc) is 2.46. The summed E-state index contributed by atoms with van der Waals surface area (Å²) in [4.78, 5) is 11.1. The molecule has 3 rings (SSSR count). The Bertz CT molecular complexity index is 839. The molecule has 1 heterocycles. The number of fused-ring (bicyclic) bond motifs is 1. The van der Waals surface area contributed by atoms with Gasteiger partial charge in [0.25, 0.3) is 0 Å². The fraction of sp³-hybridized carbons (Fsp3) is 0. The molecule has 1 N–H and O–H groups in total. The number of hydrogen-bond donors (Lipinski definition) is 1. The number of aromatic hydroxyl groups is 1. The van der Waals surface area contributed by atoms with Gasteiger partial charge in [-0.3, -0.25) is 0 Å². The van der Waals surface area contributed by atoms with Crippen molar-refractivity contribution >= 4 is 22.3 Å². The van der Waals surface area contributed by atoms with Crippen molar-refractivity contribution in [3.8, 4) is 5.75 Å². The highest BCUT2D eigenvalue weighted by Gasteiger charge is 2.05. The molecule has 0 aliphatic rings. The van der Waals surface area contributed by atoms with E-state index in [0.717, 1.165) is 0 Å². The Morgan fingerprint density at radius 2 is 1.75 bits per heavy atom. The number of phenolic OH excluding ortho intramolecular Hbond substituents is 1. The van der Waals surface area contributed by atoms with Crippen LogP contribution in [0, 0.1) is 0 Å². The molecular weight excluding hydrogens is 256 g/mol. The third-order valence-corrected chi connectivity index (χ3v) is 2.75. The maximum atomic E-state index is 11.1. The summed E-state index contributed by atoms with van der Waals surface area (Å²) >= 11 is 0. The van der Waals surface area contributed by atoms with Gasteiger partial charge in [0.05, 0.1) is 5.69 Å². The van der Waals surface area contributed by atoms with Crippen LogP contribution in [0.2, 0.25) is 0 Å². The molecule has 0 unspecified atom stereocenters. The molecular formula is C15H10N2O3. The minimum atomic E-state index is -0.462. The predicted molar refractivity (Wildman–Crippen MR) is 74.8 cm³/mol. The van der Waals surface area contributed by atoms with Gasteiger partial charge in [-0.15, -0.1) is 5.11 Å². The molecule has 3 aromatic rings. The molecule has 0 saturated carbocycles. The van der Waals surface area contributed by atoms with Crippen molar-refractivity contribution in [1.29, 1.82) is 0 Å². The van der Waals surface area contributed by atoms with Crippen LogP contribution in [0.1, 0.15) is 0 Å². The third kappa shape index (κ3) is 2.42. The van der Waals surface area contributed by atoms with Gasteiger partial charge >= 0.3 is 5.63 Å². The molecule has 0 aliphatic heterocycles. The van der Waals surface area contributed by atoms with Gasteiger partial charge in [-0.2, -0.15) is 5.11 Å². The van der Waals surface area contributed by atoms with Gasteiger partial charge in [0.1, 0.15) is 17.0 Å². The van der Waals surface area contributed by atoms with Crippen molar-refractivity contribution < 1.29 is 9.52 Å². The van der Waals surface area contributed by atoms with Crippen LogP contribution in [0.5, 0.6) is 5.75 Å². The second-order valence-electron chi connectivity index (χ2n) is 4.17. The van der Waals surface area contributed by atoms with E-state index >= 15 is 0 Å². The topological polar surface area (TPSA) is 75.2 Å². The average molecular weight is 266 g/mol. The Morgan fingerprint density at radius 1 is 0.950 bits per heavy atom. The van der Waals surface area contributed by atoms with Crippen LogP contribution in [-0.4, -0.2) is 5.11 Å². The standard InChI is InChI=1S/C15H10N2O3/c18-13-9-14-10(6-7-15(19)20-14)8-12(13)17-16-11-4-2-1-3-5-11/h1-9,18H. The van der Waals surface area contributed by atoms with Crippen LogP contribution in [-0.2, 0) is 0 Å². The van der Waals surface area contributed by atoms with E-state index in [9.17, 15) is 9.90 Å². The van der Waals surface area contributed by atoms with Crippen molar-refractivity contribution in [2.75, 3.05) is 0 Å². The normalized spacial score (nSPS) is 11.2. The van der Waals surface area contributed by atoms with Crippen LogP contribution in [0.15, 0.2) is 74.0 Å². The number of benzene rings is 2. The lowest BCUT2D eigenvalue weighted by atomic mass is 10.2. The van der Waals surface area contributed by atoms with Crippen molar-refractivity contribution in [3.63, 3.8) is 0 Å². The second-order valence-corrected chi connectivity index (χ2v) is 4.17. The van der Waals surface area contributed by atoms with Gasteiger partial charge in [-0.1, -0.05) is 18.2 Å². The number of rotatable bonds is 2. The van der Waals surface area contributed by atoms with Crippen molar-refractivity contribution in [3.05, 3.63) is 65.0 Å². The van der Waals surface area contributed by atoms with E-state index < -0.39 is 5.63 Å². The summed E-state index contributed by atoms with van der Waals surface area (Å²) in [6.45, 7) is 0. The molecule has 0 fully saturated rings. The minimum Gasteiger partial charge on any atom is -0.505 e. The minimum absolute atomic E-state index is 0.0912. The zero-order valence-corrected chi connectivity index (χ0v) is 10.4. The zero-order chi connectivity index (χ0) is 13.9. The van der Waals surface area contributed by atoms with E-state index in [1.807, 2.05) is 18.2 Å². The highest BCUT2D eigenvalue weighted by Crippen LogP contribution is 2.32. The first kappa shape index (κ1) is 12.1. The smallest absolute Gasteiger partial charge is 0.336 e.